The summed E-state index contributed by atoms with van der Waals surface area (Å²) in [6, 6.07) is 16.3. The summed E-state index contributed by atoms with van der Waals surface area (Å²) in [6.45, 7) is 6.26. The van der Waals surface area contributed by atoms with Crippen molar-refractivity contribution in [3.8, 4) is 5.82 Å². The van der Waals surface area contributed by atoms with E-state index < -0.39 is 0 Å². The van der Waals surface area contributed by atoms with E-state index >= 15 is 0 Å². The molecule has 2 aromatic heterocycles. The Bertz CT molecular complexity index is 844. The SMILES string of the molecule is Cc1cc(C)n(-c2ccc(N3CCO[C@@H](c4ccccc4)C3)nn2)n1. The Hall–Kier alpha value is -2.73. The van der Waals surface area contributed by atoms with Crippen molar-refractivity contribution < 1.29 is 4.74 Å². The zero-order valence-electron chi connectivity index (χ0n) is 14.5. The van der Waals surface area contributed by atoms with E-state index in [4.69, 9.17) is 4.74 Å². The van der Waals surface area contributed by atoms with Crippen molar-refractivity contribution in [2.45, 2.75) is 20.0 Å². The van der Waals surface area contributed by atoms with E-state index in [-0.39, 0.29) is 6.10 Å². The first-order chi connectivity index (χ1) is 12.2. The number of ether oxygens (including phenoxy) is 1. The first-order valence-corrected chi connectivity index (χ1v) is 8.49. The Kier molecular flexibility index (Phi) is 4.19. The Labute approximate surface area is 147 Å². The van der Waals surface area contributed by atoms with Gasteiger partial charge in [0.2, 0.25) is 0 Å². The minimum atomic E-state index is 0.0624. The van der Waals surface area contributed by atoms with Gasteiger partial charge in [-0.3, -0.25) is 0 Å². The summed E-state index contributed by atoms with van der Waals surface area (Å²) in [5, 5.41) is 13.2. The monoisotopic (exact) mass is 335 g/mol. The molecule has 1 fully saturated rings. The Morgan fingerprint density at radius 3 is 2.44 bits per heavy atom. The van der Waals surface area contributed by atoms with Crippen molar-refractivity contribution in [1.29, 1.82) is 0 Å². The summed E-state index contributed by atoms with van der Waals surface area (Å²) in [4.78, 5) is 2.22. The van der Waals surface area contributed by atoms with Crippen LogP contribution < -0.4 is 4.90 Å². The molecule has 1 aliphatic heterocycles. The number of rotatable bonds is 3. The van der Waals surface area contributed by atoms with Crippen LogP contribution in [0.3, 0.4) is 0 Å². The van der Waals surface area contributed by atoms with Gasteiger partial charge >= 0.3 is 0 Å². The van der Waals surface area contributed by atoms with Gasteiger partial charge in [-0.15, -0.1) is 10.2 Å². The number of hydrogen-bond donors (Lipinski definition) is 0. The molecule has 128 valence electrons. The Morgan fingerprint density at radius 2 is 1.76 bits per heavy atom. The summed E-state index contributed by atoms with van der Waals surface area (Å²) >= 11 is 0. The minimum absolute atomic E-state index is 0.0624. The van der Waals surface area contributed by atoms with E-state index in [9.17, 15) is 0 Å². The molecule has 0 radical (unpaired) electrons. The molecule has 3 aromatic rings. The third kappa shape index (κ3) is 3.25. The second-order valence-electron chi connectivity index (χ2n) is 6.30. The molecule has 6 heteroatoms. The minimum Gasteiger partial charge on any atom is -0.370 e. The second kappa shape index (κ2) is 6.64. The average Bonchev–Trinajstić information content (AvgIpc) is 3.01. The van der Waals surface area contributed by atoms with Gasteiger partial charge in [0.05, 0.1) is 12.3 Å². The molecule has 1 aliphatic rings. The number of benzene rings is 1. The lowest BCUT2D eigenvalue weighted by Crippen LogP contribution is -2.39. The summed E-state index contributed by atoms with van der Waals surface area (Å²) in [6.07, 6.45) is 0.0624. The highest BCUT2D eigenvalue weighted by molar-refractivity contribution is 5.41. The maximum Gasteiger partial charge on any atom is 0.176 e. The van der Waals surface area contributed by atoms with Gasteiger partial charge in [-0.2, -0.15) is 5.10 Å². The molecule has 0 aliphatic carbocycles. The van der Waals surface area contributed by atoms with E-state index in [1.54, 1.807) is 0 Å². The summed E-state index contributed by atoms with van der Waals surface area (Å²) in [7, 11) is 0. The third-order valence-corrected chi connectivity index (χ3v) is 4.42. The van der Waals surface area contributed by atoms with Crippen molar-refractivity contribution in [3.05, 3.63) is 65.5 Å². The molecule has 1 aromatic carbocycles. The van der Waals surface area contributed by atoms with Gasteiger partial charge in [0.25, 0.3) is 0 Å². The molecule has 4 rings (SSSR count). The van der Waals surface area contributed by atoms with Crippen LogP contribution in [0.5, 0.6) is 0 Å². The van der Waals surface area contributed by atoms with Crippen LogP contribution >= 0.6 is 0 Å². The average molecular weight is 335 g/mol. The van der Waals surface area contributed by atoms with Crippen LogP contribution in [0.1, 0.15) is 23.1 Å². The molecule has 0 spiro atoms. The van der Waals surface area contributed by atoms with Gasteiger partial charge < -0.3 is 9.64 Å². The largest absolute Gasteiger partial charge is 0.370 e. The molecular formula is C19H21N5O. The van der Waals surface area contributed by atoms with E-state index in [2.05, 4.69) is 32.3 Å². The van der Waals surface area contributed by atoms with Crippen molar-refractivity contribution in [1.82, 2.24) is 20.0 Å². The summed E-state index contributed by atoms with van der Waals surface area (Å²) in [5.41, 5.74) is 3.22. The molecule has 3 heterocycles. The van der Waals surface area contributed by atoms with Crippen molar-refractivity contribution >= 4 is 5.82 Å². The molecule has 0 unspecified atom stereocenters. The smallest absolute Gasteiger partial charge is 0.176 e. The van der Waals surface area contributed by atoms with Crippen LogP contribution in [0.15, 0.2) is 48.5 Å². The fraction of sp³-hybridized carbons (Fsp3) is 0.316. The molecule has 0 amide bonds. The first kappa shape index (κ1) is 15.8. The number of anilines is 1. The van der Waals surface area contributed by atoms with Crippen molar-refractivity contribution in [2.75, 3.05) is 24.6 Å². The van der Waals surface area contributed by atoms with Crippen LogP contribution in [-0.2, 0) is 4.74 Å². The third-order valence-electron chi connectivity index (χ3n) is 4.42. The normalized spacial score (nSPS) is 17.7. The predicted octanol–water partition coefficient (Wildman–Crippen LogP) is 2.86. The van der Waals surface area contributed by atoms with Gasteiger partial charge in [-0.1, -0.05) is 30.3 Å². The van der Waals surface area contributed by atoms with Crippen molar-refractivity contribution in [2.24, 2.45) is 0 Å². The number of aromatic nitrogens is 4. The standard InChI is InChI=1S/C19H21N5O/c1-14-12-15(2)24(22-14)19-9-8-18(20-21-19)23-10-11-25-17(13-23)16-6-4-3-5-7-16/h3-9,12,17H,10-11,13H2,1-2H3/t17-/m1/s1. The highest BCUT2D eigenvalue weighted by Gasteiger charge is 2.23. The van der Waals surface area contributed by atoms with Gasteiger partial charge in [0.15, 0.2) is 11.6 Å². The fourth-order valence-electron chi connectivity index (χ4n) is 3.19. The summed E-state index contributed by atoms with van der Waals surface area (Å²) in [5.74, 6) is 1.61. The molecular weight excluding hydrogens is 314 g/mol. The van der Waals surface area contributed by atoms with Gasteiger partial charge in [0, 0.05) is 18.8 Å². The summed E-state index contributed by atoms with van der Waals surface area (Å²) < 4.78 is 7.74. The lowest BCUT2D eigenvalue weighted by Gasteiger charge is -2.33. The van der Waals surface area contributed by atoms with Crippen LogP contribution in [0.2, 0.25) is 0 Å². The molecule has 1 atom stereocenters. The number of nitrogens with zero attached hydrogens (tertiary/aromatic N) is 5. The number of hydrogen-bond acceptors (Lipinski definition) is 5. The lowest BCUT2D eigenvalue weighted by atomic mass is 10.1. The Morgan fingerprint density at radius 1 is 1.00 bits per heavy atom. The van der Waals surface area contributed by atoms with Crippen LogP contribution in [0.4, 0.5) is 5.82 Å². The Balaban J connectivity index is 1.53. The fourth-order valence-corrected chi connectivity index (χ4v) is 3.19. The van der Waals surface area contributed by atoms with E-state index in [0.29, 0.717) is 6.61 Å². The van der Waals surface area contributed by atoms with Crippen LogP contribution in [0, 0.1) is 13.8 Å². The second-order valence-corrected chi connectivity index (χ2v) is 6.30. The van der Waals surface area contributed by atoms with E-state index in [0.717, 1.165) is 36.1 Å². The molecule has 25 heavy (non-hydrogen) atoms. The highest BCUT2D eigenvalue weighted by atomic mass is 16.5. The molecule has 0 saturated carbocycles. The lowest BCUT2D eigenvalue weighted by molar-refractivity contribution is 0.0395. The zero-order valence-corrected chi connectivity index (χ0v) is 14.5. The van der Waals surface area contributed by atoms with Gasteiger partial charge in [-0.05, 0) is 37.6 Å². The molecule has 1 saturated heterocycles. The topological polar surface area (TPSA) is 56.1 Å². The maximum atomic E-state index is 5.92. The highest BCUT2D eigenvalue weighted by Crippen LogP contribution is 2.25. The quantitative estimate of drug-likeness (QED) is 0.737. The predicted molar refractivity (Wildman–Crippen MR) is 96.0 cm³/mol. The molecule has 0 N–H and O–H groups in total. The zero-order chi connectivity index (χ0) is 17.2. The van der Waals surface area contributed by atoms with Crippen LogP contribution in [-0.4, -0.2) is 39.7 Å². The van der Waals surface area contributed by atoms with Gasteiger partial charge in [-0.25, -0.2) is 4.68 Å². The van der Waals surface area contributed by atoms with E-state index in [1.807, 2.05) is 54.9 Å². The van der Waals surface area contributed by atoms with Crippen LogP contribution in [0.25, 0.3) is 5.82 Å². The van der Waals surface area contributed by atoms with E-state index in [1.165, 1.54) is 5.56 Å². The maximum absolute atomic E-state index is 5.92. The number of morpholine rings is 1. The molecule has 0 bridgehead atoms. The van der Waals surface area contributed by atoms with Crippen molar-refractivity contribution in [3.63, 3.8) is 0 Å². The van der Waals surface area contributed by atoms with Gasteiger partial charge in [0.1, 0.15) is 6.10 Å². The molecule has 6 nitrogen and oxygen atoms in total. The number of aryl methyl sites for hydroxylation is 2. The first-order valence-electron chi connectivity index (χ1n) is 8.49.